The van der Waals surface area contributed by atoms with Gasteiger partial charge in [-0.2, -0.15) is 5.10 Å². The van der Waals surface area contributed by atoms with Crippen molar-refractivity contribution in [1.29, 1.82) is 0 Å². The highest BCUT2D eigenvalue weighted by Gasteiger charge is 2.29. The van der Waals surface area contributed by atoms with Gasteiger partial charge in [-0.25, -0.2) is 0 Å². The van der Waals surface area contributed by atoms with Crippen LogP contribution in [0, 0.1) is 17.0 Å². The van der Waals surface area contributed by atoms with Gasteiger partial charge in [0.15, 0.2) is 0 Å². The summed E-state index contributed by atoms with van der Waals surface area (Å²) in [6, 6.07) is -0.132. The van der Waals surface area contributed by atoms with Gasteiger partial charge >= 0.3 is 5.69 Å². The Balaban J connectivity index is 2.02. The molecule has 0 aliphatic carbocycles. The summed E-state index contributed by atoms with van der Waals surface area (Å²) in [6.45, 7) is 7.13. The molecule has 22 heavy (non-hydrogen) atoms. The van der Waals surface area contributed by atoms with Gasteiger partial charge in [0.2, 0.25) is 5.69 Å². The van der Waals surface area contributed by atoms with Crippen molar-refractivity contribution >= 4 is 11.6 Å². The Hall–Kier alpha value is -2.00. The summed E-state index contributed by atoms with van der Waals surface area (Å²) in [4.78, 5) is 25.0. The number of nitro groups is 1. The second-order valence-corrected chi connectivity index (χ2v) is 5.45. The van der Waals surface area contributed by atoms with Crippen LogP contribution in [-0.4, -0.2) is 64.4 Å². The van der Waals surface area contributed by atoms with Crippen LogP contribution in [0.1, 0.15) is 23.1 Å². The summed E-state index contributed by atoms with van der Waals surface area (Å²) in [5.41, 5.74) is -0.0200. The normalized spacial score (nSPS) is 17.2. The van der Waals surface area contributed by atoms with Gasteiger partial charge < -0.3 is 10.1 Å². The lowest BCUT2D eigenvalue weighted by atomic mass is 10.2. The molecule has 2 heterocycles. The molecule has 1 unspecified atom stereocenters. The smallest absolute Gasteiger partial charge is 0.322 e. The highest BCUT2D eigenvalue weighted by Crippen LogP contribution is 2.21. The van der Waals surface area contributed by atoms with Crippen LogP contribution in [0.3, 0.4) is 0 Å². The molecule has 0 bridgehead atoms. The fraction of sp³-hybridized carbons (Fsp3) is 0.692. The maximum absolute atomic E-state index is 12.3. The van der Waals surface area contributed by atoms with Crippen molar-refractivity contribution in [2.75, 3.05) is 32.8 Å². The third-order valence-electron chi connectivity index (χ3n) is 3.71. The van der Waals surface area contributed by atoms with E-state index in [2.05, 4.69) is 15.3 Å². The molecule has 0 aromatic carbocycles. The lowest BCUT2D eigenvalue weighted by Crippen LogP contribution is -2.46. The number of rotatable bonds is 5. The minimum absolute atomic E-state index is 0.132. The molecule has 9 heteroatoms. The summed E-state index contributed by atoms with van der Waals surface area (Å²) in [6.07, 6.45) is 0. The van der Waals surface area contributed by atoms with Crippen molar-refractivity contribution in [3.05, 3.63) is 21.5 Å². The fourth-order valence-electron chi connectivity index (χ4n) is 2.48. The van der Waals surface area contributed by atoms with Gasteiger partial charge in [-0.1, -0.05) is 0 Å². The van der Waals surface area contributed by atoms with Gasteiger partial charge in [0, 0.05) is 32.7 Å². The number of aryl methyl sites for hydroxylation is 1. The molecule has 1 N–H and O–H groups in total. The summed E-state index contributed by atoms with van der Waals surface area (Å²) in [5, 5.41) is 17.9. The Bertz CT molecular complexity index is 565. The number of ether oxygens (including phenoxy) is 1. The van der Waals surface area contributed by atoms with Crippen LogP contribution < -0.4 is 5.32 Å². The van der Waals surface area contributed by atoms with E-state index in [1.54, 1.807) is 14.0 Å². The van der Waals surface area contributed by atoms with E-state index in [1.165, 1.54) is 4.68 Å². The number of carbonyl (C=O) groups excluding carboxylic acids is 1. The van der Waals surface area contributed by atoms with E-state index in [0.29, 0.717) is 25.5 Å². The SMILES string of the molecule is Cc1c([N+](=O)[O-])c(C(=O)NC(C)CN2CCOCC2)nn1C. The van der Waals surface area contributed by atoms with Crippen molar-refractivity contribution in [3.63, 3.8) is 0 Å². The molecule has 0 radical (unpaired) electrons. The molecular weight excluding hydrogens is 290 g/mol. The Morgan fingerprint density at radius 3 is 2.73 bits per heavy atom. The summed E-state index contributed by atoms with van der Waals surface area (Å²) in [5.74, 6) is -0.517. The molecule has 122 valence electrons. The van der Waals surface area contributed by atoms with Crippen molar-refractivity contribution in [3.8, 4) is 0 Å². The van der Waals surface area contributed by atoms with E-state index >= 15 is 0 Å². The molecule has 1 aliphatic rings. The number of aromatic nitrogens is 2. The van der Waals surface area contributed by atoms with E-state index in [-0.39, 0.29) is 17.4 Å². The molecular formula is C13H21N5O4. The van der Waals surface area contributed by atoms with Crippen molar-refractivity contribution in [1.82, 2.24) is 20.0 Å². The Kier molecular flexibility index (Phi) is 5.09. The molecule has 1 saturated heterocycles. The predicted molar refractivity (Wildman–Crippen MR) is 78.8 cm³/mol. The van der Waals surface area contributed by atoms with Crippen LogP contribution in [0.25, 0.3) is 0 Å². The summed E-state index contributed by atoms with van der Waals surface area (Å²) < 4.78 is 6.62. The lowest BCUT2D eigenvalue weighted by Gasteiger charge is -2.29. The fourth-order valence-corrected chi connectivity index (χ4v) is 2.48. The maximum Gasteiger partial charge on any atom is 0.322 e. The van der Waals surface area contributed by atoms with Gasteiger partial charge in [-0.3, -0.25) is 24.5 Å². The van der Waals surface area contributed by atoms with E-state index in [0.717, 1.165) is 13.1 Å². The molecule has 1 amide bonds. The Labute approximate surface area is 128 Å². The zero-order valence-electron chi connectivity index (χ0n) is 13.0. The van der Waals surface area contributed by atoms with Gasteiger partial charge in [-0.05, 0) is 13.8 Å². The molecule has 1 atom stereocenters. The Morgan fingerprint density at radius 2 is 2.14 bits per heavy atom. The molecule has 0 saturated carbocycles. The second-order valence-electron chi connectivity index (χ2n) is 5.45. The van der Waals surface area contributed by atoms with Gasteiger partial charge in [0.25, 0.3) is 5.91 Å². The van der Waals surface area contributed by atoms with E-state index in [1.807, 2.05) is 6.92 Å². The number of nitrogens with one attached hydrogen (secondary N) is 1. The second kappa shape index (κ2) is 6.84. The molecule has 1 fully saturated rings. The average Bonchev–Trinajstić information content (AvgIpc) is 2.76. The minimum atomic E-state index is -0.566. The third-order valence-corrected chi connectivity index (χ3v) is 3.71. The summed E-state index contributed by atoms with van der Waals surface area (Å²) in [7, 11) is 1.58. The number of morpholine rings is 1. The molecule has 9 nitrogen and oxygen atoms in total. The minimum Gasteiger partial charge on any atom is -0.379 e. The van der Waals surface area contributed by atoms with E-state index in [9.17, 15) is 14.9 Å². The third kappa shape index (κ3) is 3.60. The quantitative estimate of drug-likeness (QED) is 0.610. The van der Waals surface area contributed by atoms with Crippen molar-refractivity contribution in [2.24, 2.45) is 7.05 Å². The molecule has 1 aromatic heterocycles. The lowest BCUT2D eigenvalue weighted by molar-refractivity contribution is -0.385. The molecule has 0 spiro atoms. The first kappa shape index (κ1) is 16.4. The zero-order valence-corrected chi connectivity index (χ0v) is 13.0. The van der Waals surface area contributed by atoms with Crippen LogP contribution >= 0.6 is 0 Å². The van der Waals surface area contributed by atoms with E-state index in [4.69, 9.17) is 4.74 Å². The topological polar surface area (TPSA) is 103 Å². The number of hydrogen-bond donors (Lipinski definition) is 1. The van der Waals surface area contributed by atoms with Gasteiger partial charge in [-0.15, -0.1) is 0 Å². The van der Waals surface area contributed by atoms with Gasteiger partial charge in [0.05, 0.1) is 18.1 Å². The van der Waals surface area contributed by atoms with Crippen LogP contribution in [0.2, 0.25) is 0 Å². The molecule has 1 aromatic rings. The van der Waals surface area contributed by atoms with Crippen LogP contribution in [-0.2, 0) is 11.8 Å². The number of amides is 1. The number of carbonyl (C=O) groups is 1. The van der Waals surface area contributed by atoms with Gasteiger partial charge in [0.1, 0.15) is 5.69 Å². The monoisotopic (exact) mass is 311 g/mol. The first-order valence-electron chi connectivity index (χ1n) is 7.19. The van der Waals surface area contributed by atoms with Crippen LogP contribution in [0.4, 0.5) is 5.69 Å². The standard InChI is InChI=1S/C13H21N5O4/c1-9(8-17-4-6-22-7-5-17)14-13(19)11-12(18(20)21)10(2)16(3)15-11/h9H,4-8H2,1-3H3,(H,14,19). The van der Waals surface area contributed by atoms with Crippen LogP contribution in [0.5, 0.6) is 0 Å². The Morgan fingerprint density at radius 1 is 1.50 bits per heavy atom. The maximum atomic E-state index is 12.3. The molecule has 1 aliphatic heterocycles. The van der Waals surface area contributed by atoms with Crippen LogP contribution in [0.15, 0.2) is 0 Å². The largest absolute Gasteiger partial charge is 0.379 e. The van der Waals surface area contributed by atoms with E-state index < -0.39 is 10.8 Å². The highest BCUT2D eigenvalue weighted by molar-refractivity contribution is 5.96. The highest BCUT2D eigenvalue weighted by atomic mass is 16.6. The first-order chi connectivity index (χ1) is 10.4. The number of nitrogens with zero attached hydrogens (tertiary/aromatic N) is 4. The van der Waals surface area contributed by atoms with Crippen molar-refractivity contribution < 1.29 is 14.5 Å². The molecule has 2 rings (SSSR count). The van der Waals surface area contributed by atoms with Crippen molar-refractivity contribution in [2.45, 2.75) is 19.9 Å². The zero-order chi connectivity index (χ0) is 16.3. The first-order valence-corrected chi connectivity index (χ1v) is 7.19. The number of hydrogen-bond acceptors (Lipinski definition) is 6. The predicted octanol–water partition coefficient (Wildman–Crippen LogP) is 0.0872. The summed E-state index contributed by atoms with van der Waals surface area (Å²) >= 11 is 0. The average molecular weight is 311 g/mol.